The van der Waals surface area contributed by atoms with Crippen molar-refractivity contribution in [1.29, 1.82) is 0 Å². The van der Waals surface area contributed by atoms with Crippen LogP contribution in [-0.2, 0) is 9.59 Å². The van der Waals surface area contributed by atoms with Gasteiger partial charge in [-0.1, -0.05) is 25.1 Å². The van der Waals surface area contributed by atoms with Gasteiger partial charge in [-0.2, -0.15) is 0 Å². The summed E-state index contributed by atoms with van der Waals surface area (Å²) in [6, 6.07) is 7.18. The fourth-order valence-corrected chi connectivity index (χ4v) is 1.39. The van der Waals surface area contributed by atoms with Crippen molar-refractivity contribution >= 4 is 23.9 Å². The van der Waals surface area contributed by atoms with Gasteiger partial charge in [0.2, 0.25) is 12.2 Å². The van der Waals surface area contributed by atoms with Gasteiger partial charge in [0, 0.05) is 6.42 Å². The van der Waals surface area contributed by atoms with E-state index < -0.39 is 12.1 Å². The molecule has 1 N–H and O–H groups in total. The van der Waals surface area contributed by atoms with E-state index in [1.807, 2.05) is 0 Å². The van der Waals surface area contributed by atoms with Gasteiger partial charge < -0.3 is 5.32 Å². The quantitative estimate of drug-likeness (QED) is 0.879. The Morgan fingerprint density at radius 3 is 2.44 bits per heavy atom. The summed E-state index contributed by atoms with van der Waals surface area (Å²) in [6.07, 6.45) is 1.84. The Morgan fingerprint density at radius 1 is 1.33 bits per heavy atom. The Bertz CT molecular complexity index is 431. The van der Waals surface area contributed by atoms with Gasteiger partial charge in [0.1, 0.15) is 0 Å². The number of carbonyl (C=O) groups is 2. The molecule has 5 nitrogen and oxygen atoms in total. The summed E-state index contributed by atoms with van der Waals surface area (Å²) in [5, 5.41) is 2.39. The molecular weight excluding hydrogens is 232 g/mol. The lowest BCUT2D eigenvalue weighted by atomic mass is 10.2. The molecule has 0 spiro atoms. The lowest BCUT2D eigenvalue weighted by Crippen LogP contribution is -2.47. The summed E-state index contributed by atoms with van der Waals surface area (Å²) in [7, 11) is 0. The summed E-state index contributed by atoms with van der Waals surface area (Å²) in [5.41, 5.74) is 0.472. The molecule has 1 atom stereocenters. The van der Waals surface area contributed by atoms with Crippen LogP contribution in [-0.4, -0.2) is 24.3 Å². The molecule has 0 saturated heterocycles. The largest absolute Gasteiger partial charge is 0.329 e. The van der Waals surface area contributed by atoms with Gasteiger partial charge in [0.15, 0.2) is 0 Å². The van der Waals surface area contributed by atoms with E-state index in [1.165, 1.54) is 6.92 Å². The molecule has 0 aromatic heterocycles. The van der Waals surface area contributed by atoms with E-state index in [9.17, 15) is 14.4 Å². The van der Waals surface area contributed by atoms with Gasteiger partial charge in [-0.05, 0) is 19.1 Å². The number of benzene rings is 1. The molecule has 3 amide bonds. The maximum Gasteiger partial charge on any atom is 0.329 e. The molecule has 18 heavy (non-hydrogen) atoms. The van der Waals surface area contributed by atoms with E-state index in [0.717, 1.165) is 4.90 Å². The van der Waals surface area contributed by atoms with Gasteiger partial charge in [-0.25, -0.2) is 9.69 Å². The Kier molecular flexibility index (Phi) is 5.05. The molecule has 0 unspecified atom stereocenters. The van der Waals surface area contributed by atoms with Crippen molar-refractivity contribution < 1.29 is 14.4 Å². The SMILES string of the molecule is CCC(=O)N(C(=O)N[C@@H](C)[C]=O)c1ccccc1. The van der Waals surface area contributed by atoms with Crippen LogP contribution in [0.1, 0.15) is 20.3 Å². The number of nitrogens with one attached hydrogen (secondary N) is 1. The van der Waals surface area contributed by atoms with Crippen molar-refractivity contribution in [2.45, 2.75) is 26.3 Å². The van der Waals surface area contributed by atoms with E-state index in [2.05, 4.69) is 5.32 Å². The van der Waals surface area contributed by atoms with Gasteiger partial charge in [0.05, 0.1) is 11.7 Å². The summed E-state index contributed by atoms with van der Waals surface area (Å²) < 4.78 is 0. The van der Waals surface area contributed by atoms with Crippen LogP contribution in [0.15, 0.2) is 30.3 Å². The first-order chi connectivity index (χ1) is 8.60. The molecule has 0 aliphatic rings. The van der Waals surface area contributed by atoms with Crippen LogP contribution in [0.4, 0.5) is 10.5 Å². The fourth-order valence-electron chi connectivity index (χ4n) is 1.39. The summed E-state index contributed by atoms with van der Waals surface area (Å²) in [5.74, 6) is -0.336. The van der Waals surface area contributed by atoms with Crippen LogP contribution in [0, 0.1) is 0 Å². The normalized spacial score (nSPS) is 11.4. The number of anilines is 1. The van der Waals surface area contributed by atoms with Crippen molar-refractivity contribution in [3.8, 4) is 0 Å². The summed E-state index contributed by atoms with van der Waals surface area (Å²) in [4.78, 5) is 35.1. The Balaban J connectivity index is 2.96. The molecule has 1 aromatic carbocycles. The zero-order chi connectivity index (χ0) is 13.5. The van der Waals surface area contributed by atoms with Crippen molar-refractivity contribution in [2.75, 3.05) is 4.90 Å². The third kappa shape index (κ3) is 3.41. The number of imide groups is 1. The highest BCUT2D eigenvalue weighted by atomic mass is 16.2. The monoisotopic (exact) mass is 247 g/mol. The van der Waals surface area contributed by atoms with E-state index in [-0.39, 0.29) is 12.3 Å². The molecule has 0 saturated carbocycles. The Labute approximate surface area is 106 Å². The highest BCUT2D eigenvalue weighted by molar-refractivity contribution is 6.14. The molecular formula is C13H15N2O3. The lowest BCUT2D eigenvalue weighted by Gasteiger charge is -2.21. The van der Waals surface area contributed by atoms with Crippen molar-refractivity contribution in [1.82, 2.24) is 5.32 Å². The first kappa shape index (κ1) is 13.9. The minimum atomic E-state index is -0.756. The third-order valence-electron chi connectivity index (χ3n) is 2.29. The number of urea groups is 1. The van der Waals surface area contributed by atoms with Crippen LogP contribution in [0.3, 0.4) is 0 Å². The smallest absolute Gasteiger partial charge is 0.327 e. The average molecular weight is 247 g/mol. The standard InChI is InChI=1S/C13H15N2O3/c1-3-12(17)15(11-7-5-4-6-8-11)13(18)14-10(2)9-16/h4-8,10H,3H2,1-2H3,(H,14,18)/t10-/m0/s1. The van der Waals surface area contributed by atoms with Crippen LogP contribution in [0.25, 0.3) is 0 Å². The molecule has 1 aromatic rings. The van der Waals surface area contributed by atoms with E-state index in [0.29, 0.717) is 5.69 Å². The topological polar surface area (TPSA) is 66.5 Å². The van der Waals surface area contributed by atoms with Gasteiger partial charge in [-0.3, -0.25) is 9.59 Å². The maximum absolute atomic E-state index is 11.9. The Hall–Kier alpha value is -2.17. The van der Waals surface area contributed by atoms with Gasteiger partial charge in [-0.15, -0.1) is 0 Å². The average Bonchev–Trinajstić information content (AvgIpc) is 2.39. The van der Waals surface area contributed by atoms with E-state index in [4.69, 9.17) is 0 Å². The van der Waals surface area contributed by atoms with E-state index in [1.54, 1.807) is 43.5 Å². The number of amides is 3. The molecule has 0 bridgehead atoms. The number of carbonyl (C=O) groups excluding carboxylic acids is 3. The number of para-hydroxylation sites is 1. The van der Waals surface area contributed by atoms with Crippen molar-refractivity contribution in [3.05, 3.63) is 30.3 Å². The fraction of sp³-hybridized carbons (Fsp3) is 0.308. The predicted molar refractivity (Wildman–Crippen MR) is 67.9 cm³/mol. The molecule has 95 valence electrons. The van der Waals surface area contributed by atoms with Crippen LogP contribution < -0.4 is 10.2 Å². The summed E-state index contributed by atoms with van der Waals surface area (Å²) >= 11 is 0. The number of rotatable bonds is 4. The number of hydrogen-bond acceptors (Lipinski definition) is 3. The van der Waals surface area contributed by atoms with Crippen LogP contribution >= 0.6 is 0 Å². The first-order valence-corrected chi connectivity index (χ1v) is 5.66. The molecule has 0 heterocycles. The highest BCUT2D eigenvalue weighted by Crippen LogP contribution is 2.14. The molecule has 0 aliphatic carbocycles. The van der Waals surface area contributed by atoms with Gasteiger partial charge in [0.25, 0.3) is 0 Å². The molecule has 0 fully saturated rings. The molecule has 1 rings (SSSR count). The minimum Gasteiger partial charge on any atom is -0.327 e. The number of hydrogen-bond donors (Lipinski definition) is 1. The number of nitrogens with zero attached hydrogens (tertiary/aromatic N) is 1. The molecule has 0 aliphatic heterocycles. The lowest BCUT2D eigenvalue weighted by molar-refractivity contribution is -0.117. The Morgan fingerprint density at radius 2 is 1.94 bits per heavy atom. The third-order valence-corrected chi connectivity index (χ3v) is 2.29. The van der Waals surface area contributed by atoms with Crippen molar-refractivity contribution in [3.63, 3.8) is 0 Å². The van der Waals surface area contributed by atoms with Crippen LogP contribution in [0.5, 0.6) is 0 Å². The van der Waals surface area contributed by atoms with Crippen molar-refractivity contribution in [2.24, 2.45) is 0 Å². The van der Waals surface area contributed by atoms with Gasteiger partial charge >= 0.3 is 6.03 Å². The molecule has 1 radical (unpaired) electrons. The maximum atomic E-state index is 11.9. The second-order valence-corrected chi connectivity index (χ2v) is 3.71. The first-order valence-electron chi connectivity index (χ1n) is 5.66. The highest BCUT2D eigenvalue weighted by Gasteiger charge is 2.22. The predicted octanol–water partition coefficient (Wildman–Crippen LogP) is 1.64. The summed E-state index contributed by atoms with van der Waals surface area (Å²) in [6.45, 7) is 3.16. The zero-order valence-electron chi connectivity index (χ0n) is 10.3. The van der Waals surface area contributed by atoms with Crippen LogP contribution in [0.2, 0.25) is 0 Å². The minimum absolute atomic E-state index is 0.196. The van der Waals surface area contributed by atoms with E-state index >= 15 is 0 Å². The zero-order valence-corrected chi connectivity index (χ0v) is 10.3. The molecule has 5 heteroatoms. The second kappa shape index (κ2) is 6.54. The second-order valence-electron chi connectivity index (χ2n) is 3.71.